The molecule has 0 aliphatic heterocycles. The van der Waals surface area contributed by atoms with Gasteiger partial charge in [0.05, 0.1) is 5.75 Å². The molecule has 2 heterocycles. The van der Waals surface area contributed by atoms with E-state index in [1.54, 1.807) is 11.3 Å². The van der Waals surface area contributed by atoms with Gasteiger partial charge in [-0.1, -0.05) is 11.8 Å². The van der Waals surface area contributed by atoms with Gasteiger partial charge in [0, 0.05) is 39.7 Å². The number of ketones is 1. The highest BCUT2D eigenvalue weighted by Crippen LogP contribution is 2.27. The summed E-state index contributed by atoms with van der Waals surface area (Å²) < 4.78 is 5.72. The number of carbonyl (C=O) groups is 1. The molecule has 0 spiro atoms. The van der Waals surface area contributed by atoms with Crippen LogP contribution in [0, 0.1) is 13.8 Å². The minimum Gasteiger partial charge on any atom is -0.411 e. The van der Waals surface area contributed by atoms with E-state index in [9.17, 15) is 4.79 Å². The van der Waals surface area contributed by atoms with Crippen LogP contribution in [0.25, 0.3) is 11.5 Å². The molecular weight excluding hydrogens is 378 g/mol. The van der Waals surface area contributed by atoms with Crippen LogP contribution in [0.2, 0.25) is 0 Å². The van der Waals surface area contributed by atoms with E-state index >= 15 is 0 Å². The van der Waals surface area contributed by atoms with Gasteiger partial charge in [-0.05, 0) is 58.0 Å². The van der Waals surface area contributed by atoms with Crippen molar-refractivity contribution in [1.29, 1.82) is 0 Å². The zero-order valence-corrected chi connectivity index (χ0v) is 17.6. The number of Topliss-reactive ketones (excluding diaryl/α,β-unsaturated/α-hetero) is 1. The van der Waals surface area contributed by atoms with Gasteiger partial charge in [-0.3, -0.25) is 4.79 Å². The summed E-state index contributed by atoms with van der Waals surface area (Å²) in [4.78, 5) is 16.9. The van der Waals surface area contributed by atoms with Gasteiger partial charge >= 0.3 is 0 Å². The first-order valence-electron chi connectivity index (χ1n) is 8.93. The van der Waals surface area contributed by atoms with E-state index in [0.717, 1.165) is 34.0 Å². The zero-order valence-electron chi connectivity index (χ0n) is 16.0. The number of carbonyl (C=O) groups excluding carboxylic acids is 1. The van der Waals surface area contributed by atoms with Crippen LogP contribution in [0.3, 0.4) is 0 Å². The summed E-state index contributed by atoms with van der Waals surface area (Å²) in [7, 11) is 0. The van der Waals surface area contributed by atoms with Crippen molar-refractivity contribution in [2.24, 2.45) is 0 Å². The lowest BCUT2D eigenvalue weighted by Crippen LogP contribution is -2.21. The molecule has 0 bridgehead atoms. The molecule has 1 aromatic carbocycles. The number of benzene rings is 1. The Hall–Kier alpha value is -2.12. The smallest absolute Gasteiger partial charge is 0.277 e. The third kappa shape index (κ3) is 4.59. The van der Waals surface area contributed by atoms with Crippen LogP contribution in [-0.2, 0) is 0 Å². The minimum absolute atomic E-state index is 0.0881. The Morgan fingerprint density at radius 2 is 1.85 bits per heavy atom. The minimum atomic E-state index is 0.0881. The molecule has 0 atom stereocenters. The number of aryl methyl sites for hydroxylation is 2. The molecule has 0 saturated heterocycles. The number of aromatic nitrogens is 2. The second kappa shape index (κ2) is 8.71. The Balaban J connectivity index is 1.64. The van der Waals surface area contributed by atoms with Crippen molar-refractivity contribution < 1.29 is 9.21 Å². The van der Waals surface area contributed by atoms with E-state index in [0.29, 0.717) is 16.9 Å². The Morgan fingerprint density at radius 1 is 1.15 bits per heavy atom. The predicted molar refractivity (Wildman–Crippen MR) is 112 cm³/mol. The number of anilines is 1. The van der Waals surface area contributed by atoms with Crippen molar-refractivity contribution in [2.45, 2.75) is 32.9 Å². The average molecular weight is 402 g/mol. The Labute approximate surface area is 167 Å². The number of rotatable bonds is 8. The van der Waals surface area contributed by atoms with Crippen LogP contribution in [0.1, 0.15) is 34.0 Å². The summed E-state index contributed by atoms with van der Waals surface area (Å²) in [6.07, 6.45) is 0. The molecule has 5 nitrogen and oxygen atoms in total. The SMILES string of the molecule is CCN(CC)c1ccc(-c2nnc(SCC(=O)c3cc(C)sc3C)o2)cc1. The molecule has 27 heavy (non-hydrogen) atoms. The first-order chi connectivity index (χ1) is 13.0. The highest BCUT2D eigenvalue weighted by atomic mass is 32.2. The van der Waals surface area contributed by atoms with Gasteiger partial charge in [0.2, 0.25) is 5.89 Å². The normalized spacial score (nSPS) is 11.0. The van der Waals surface area contributed by atoms with E-state index in [-0.39, 0.29) is 5.78 Å². The maximum absolute atomic E-state index is 12.4. The molecule has 0 amide bonds. The van der Waals surface area contributed by atoms with E-state index in [4.69, 9.17) is 4.42 Å². The summed E-state index contributed by atoms with van der Waals surface area (Å²) in [6, 6.07) is 10.0. The molecule has 3 aromatic rings. The van der Waals surface area contributed by atoms with Gasteiger partial charge < -0.3 is 9.32 Å². The second-order valence-corrected chi connectivity index (χ2v) is 8.52. The standard InChI is InChI=1S/C20H23N3O2S2/c1-5-23(6-2)16-9-7-15(8-10-16)19-21-22-20(25-19)26-12-18(24)17-11-13(3)27-14(17)4/h7-11H,5-6,12H2,1-4H3. The quantitative estimate of drug-likeness (QED) is 0.380. The molecule has 0 unspecified atom stereocenters. The van der Waals surface area contributed by atoms with Crippen LogP contribution in [0.15, 0.2) is 40.0 Å². The number of nitrogens with zero attached hydrogens (tertiary/aromatic N) is 3. The number of thioether (sulfide) groups is 1. The van der Waals surface area contributed by atoms with Crippen LogP contribution >= 0.6 is 23.1 Å². The second-order valence-electron chi connectivity index (χ2n) is 6.13. The molecule has 0 aliphatic rings. The molecule has 3 rings (SSSR count). The van der Waals surface area contributed by atoms with Crippen LogP contribution < -0.4 is 4.90 Å². The van der Waals surface area contributed by atoms with Crippen LogP contribution in [0.5, 0.6) is 0 Å². The van der Waals surface area contributed by atoms with Crippen LogP contribution in [-0.4, -0.2) is 34.8 Å². The van der Waals surface area contributed by atoms with Gasteiger partial charge in [0.25, 0.3) is 5.22 Å². The van der Waals surface area contributed by atoms with Gasteiger partial charge in [-0.2, -0.15) is 0 Å². The molecule has 0 fully saturated rings. The molecular formula is C20H23N3O2S2. The fourth-order valence-electron chi connectivity index (χ4n) is 2.90. The Morgan fingerprint density at radius 3 is 2.44 bits per heavy atom. The van der Waals surface area contributed by atoms with Crippen LogP contribution in [0.4, 0.5) is 5.69 Å². The highest BCUT2D eigenvalue weighted by molar-refractivity contribution is 7.99. The van der Waals surface area contributed by atoms with Crippen molar-refractivity contribution in [3.05, 3.63) is 45.6 Å². The fraction of sp³-hybridized carbons (Fsp3) is 0.350. The number of thiophene rings is 1. The first kappa shape index (κ1) is 19.6. The third-order valence-electron chi connectivity index (χ3n) is 4.32. The zero-order chi connectivity index (χ0) is 19.4. The fourth-order valence-corrected chi connectivity index (χ4v) is 4.49. The average Bonchev–Trinajstić information content (AvgIpc) is 3.27. The molecule has 2 aromatic heterocycles. The van der Waals surface area contributed by atoms with E-state index in [1.165, 1.54) is 17.4 Å². The lowest BCUT2D eigenvalue weighted by Gasteiger charge is -2.20. The van der Waals surface area contributed by atoms with Crippen molar-refractivity contribution in [2.75, 3.05) is 23.7 Å². The highest BCUT2D eigenvalue weighted by Gasteiger charge is 2.15. The van der Waals surface area contributed by atoms with E-state index < -0.39 is 0 Å². The number of hydrogen-bond acceptors (Lipinski definition) is 7. The molecule has 7 heteroatoms. The van der Waals surface area contributed by atoms with Gasteiger partial charge in [0.15, 0.2) is 5.78 Å². The lowest BCUT2D eigenvalue weighted by atomic mass is 10.2. The summed E-state index contributed by atoms with van der Waals surface area (Å²) >= 11 is 2.92. The monoisotopic (exact) mass is 401 g/mol. The van der Waals surface area contributed by atoms with Crippen molar-refractivity contribution >= 4 is 34.6 Å². The van der Waals surface area contributed by atoms with Crippen molar-refractivity contribution in [1.82, 2.24) is 10.2 Å². The largest absolute Gasteiger partial charge is 0.411 e. The molecule has 0 N–H and O–H groups in total. The first-order valence-corrected chi connectivity index (χ1v) is 10.7. The van der Waals surface area contributed by atoms with Crippen molar-refractivity contribution in [3.8, 4) is 11.5 Å². The maximum atomic E-state index is 12.4. The van der Waals surface area contributed by atoms with Gasteiger partial charge in [-0.25, -0.2) is 0 Å². The summed E-state index contributed by atoms with van der Waals surface area (Å²) in [6.45, 7) is 10.2. The Bertz CT molecular complexity index is 912. The predicted octanol–water partition coefficient (Wildman–Crippen LogP) is 5.24. The molecule has 0 radical (unpaired) electrons. The summed E-state index contributed by atoms with van der Waals surface area (Å²) in [5.41, 5.74) is 2.84. The van der Waals surface area contributed by atoms with Crippen molar-refractivity contribution in [3.63, 3.8) is 0 Å². The molecule has 0 saturated carbocycles. The third-order valence-corrected chi connectivity index (χ3v) is 6.10. The summed E-state index contributed by atoms with van der Waals surface area (Å²) in [5, 5.41) is 8.59. The van der Waals surface area contributed by atoms with Gasteiger partial charge in [-0.15, -0.1) is 21.5 Å². The topological polar surface area (TPSA) is 59.2 Å². The Kier molecular flexibility index (Phi) is 6.34. The maximum Gasteiger partial charge on any atom is 0.277 e. The summed E-state index contributed by atoms with van der Waals surface area (Å²) in [5.74, 6) is 0.850. The number of hydrogen-bond donors (Lipinski definition) is 0. The van der Waals surface area contributed by atoms with E-state index in [2.05, 4.69) is 41.1 Å². The lowest BCUT2D eigenvalue weighted by molar-refractivity contribution is 0.102. The van der Waals surface area contributed by atoms with E-state index in [1.807, 2.05) is 32.0 Å². The van der Waals surface area contributed by atoms with Gasteiger partial charge in [0.1, 0.15) is 0 Å². The molecule has 0 aliphatic carbocycles. The molecule has 142 valence electrons.